The lowest BCUT2D eigenvalue weighted by Crippen LogP contribution is -2.24. The lowest BCUT2D eigenvalue weighted by atomic mass is 9.97. The van der Waals surface area contributed by atoms with Crippen molar-refractivity contribution in [3.8, 4) is 0 Å². The molecule has 1 unspecified atom stereocenters. The maximum Gasteiger partial charge on any atom is 0.316 e. The summed E-state index contributed by atoms with van der Waals surface area (Å²) in [5.74, 6) is -0.971. The molecule has 0 amide bonds. The first-order chi connectivity index (χ1) is 7.63. The highest BCUT2D eigenvalue weighted by Gasteiger charge is 2.23. The Balaban J connectivity index is 3.86. The van der Waals surface area contributed by atoms with Gasteiger partial charge in [-0.1, -0.05) is 39.0 Å². The average Bonchev–Trinajstić information content (AvgIpc) is 2.23. The van der Waals surface area contributed by atoms with Crippen molar-refractivity contribution in [2.24, 2.45) is 5.92 Å². The van der Waals surface area contributed by atoms with E-state index in [0.29, 0.717) is 13.0 Å². The maximum absolute atomic E-state index is 11.5. The third-order valence-corrected chi connectivity index (χ3v) is 2.66. The summed E-state index contributed by atoms with van der Waals surface area (Å²) < 4.78 is 4.88. The summed E-state index contributed by atoms with van der Waals surface area (Å²) in [6, 6.07) is 0. The number of ketones is 1. The third kappa shape index (κ3) is 6.59. The molecule has 0 heterocycles. The first kappa shape index (κ1) is 15.1. The van der Waals surface area contributed by atoms with Gasteiger partial charge in [0.1, 0.15) is 11.7 Å². The molecule has 94 valence electrons. The second kappa shape index (κ2) is 9.37. The van der Waals surface area contributed by atoms with Crippen molar-refractivity contribution in [3.63, 3.8) is 0 Å². The Kier molecular flexibility index (Phi) is 8.87. The van der Waals surface area contributed by atoms with Crippen LogP contribution in [0.3, 0.4) is 0 Å². The van der Waals surface area contributed by atoms with Crippen LogP contribution in [0.4, 0.5) is 0 Å². The van der Waals surface area contributed by atoms with Crippen LogP contribution in [-0.4, -0.2) is 18.4 Å². The van der Waals surface area contributed by atoms with Crippen molar-refractivity contribution in [3.05, 3.63) is 0 Å². The van der Waals surface area contributed by atoms with Crippen LogP contribution >= 0.6 is 0 Å². The Bertz CT molecular complexity index is 211. The molecule has 0 saturated carbocycles. The summed E-state index contributed by atoms with van der Waals surface area (Å²) in [6.45, 7) is 5.74. The molecular formula is C13H24O3. The van der Waals surface area contributed by atoms with Crippen LogP contribution in [-0.2, 0) is 14.3 Å². The van der Waals surface area contributed by atoms with E-state index in [1.807, 2.05) is 0 Å². The fourth-order valence-electron chi connectivity index (χ4n) is 1.68. The molecule has 1 atom stereocenters. The fraction of sp³-hybridized carbons (Fsp3) is 0.846. The average molecular weight is 228 g/mol. The molecule has 16 heavy (non-hydrogen) atoms. The molecule has 0 bridgehead atoms. The monoisotopic (exact) mass is 228 g/mol. The van der Waals surface area contributed by atoms with Gasteiger partial charge in [-0.05, 0) is 20.3 Å². The van der Waals surface area contributed by atoms with Gasteiger partial charge < -0.3 is 4.74 Å². The van der Waals surface area contributed by atoms with Crippen LogP contribution in [0.15, 0.2) is 0 Å². The number of carbonyl (C=O) groups excluding carboxylic acids is 2. The molecule has 0 rings (SSSR count). The quantitative estimate of drug-likeness (QED) is 0.346. The van der Waals surface area contributed by atoms with Crippen molar-refractivity contribution in [2.75, 3.05) is 6.61 Å². The van der Waals surface area contributed by atoms with E-state index in [2.05, 4.69) is 6.92 Å². The molecule has 0 aromatic heterocycles. The van der Waals surface area contributed by atoms with Gasteiger partial charge in [-0.25, -0.2) is 0 Å². The van der Waals surface area contributed by atoms with Gasteiger partial charge in [0.05, 0.1) is 6.61 Å². The first-order valence-corrected chi connectivity index (χ1v) is 6.30. The zero-order valence-electron chi connectivity index (χ0n) is 10.8. The van der Waals surface area contributed by atoms with E-state index in [1.165, 1.54) is 26.2 Å². The number of ether oxygens (including phenoxy) is 1. The summed E-state index contributed by atoms with van der Waals surface area (Å²) in [4.78, 5) is 22.7. The number of Topliss-reactive ketones (excluding diaryl/α,β-unsaturated/α-hetero) is 1. The van der Waals surface area contributed by atoms with Crippen LogP contribution in [0, 0.1) is 5.92 Å². The molecule has 0 saturated heterocycles. The normalized spacial score (nSPS) is 12.2. The number of unbranched alkanes of at least 4 members (excludes halogenated alkanes) is 4. The molecule has 0 spiro atoms. The topological polar surface area (TPSA) is 43.4 Å². The third-order valence-electron chi connectivity index (χ3n) is 2.66. The van der Waals surface area contributed by atoms with E-state index >= 15 is 0 Å². The highest BCUT2D eigenvalue weighted by molar-refractivity contribution is 5.97. The fourth-order valence-corrected chi connectivity index (χ4v) is 1.68. The zero-order valence-corrected chi connectivity index (χ0v) is 10.8. The summed E-state index contributed by atoms with van der Waals surface area (Å²) in [5.41, 5.74) is 0. The number of carbonyl (C=O) groups is 2. The van der Waals surface area contributed by atoms with Crippen molar-refractivity contribution in [1.82, 2.24) is 0 Å². The van der Waals surface area contributed by atoms with E-state index in [-0.39, 0.29) is 11.8 Å². The molecule has 0 aromatic rings. The summed E-state index contributed by atoms with van der Waals surface area (Å²) in [6.07, 6.45) is 6.28. The van der Waals surface area contributed by atoms with Gasteiger partial charge in [0.25, 0.3) is 0 Å². The Morgan fingerprint density at radius 2 is 1.69 bits per heavy atom. The number of hydrogen-bond acceptors (Lipinski definition) is 3. The van der Waals surface area contributed by atoms with Crippen LogP contribution in [0.5, 0.6) is 0 Å². The van der Waals surface area contributed by atoms with Gasteiger partial charge in [0, 0.05) is 0 Å². The van der Waals surface area contributed by atoms with E-state index < -0.39 is 5.92 Å². The molecule has 0 fully saturated rings. The Morgan fingerprint density at radius 1 is 1.06 bits per heavy atom. The Labute approximate surface area is 98.6 Å². The van der Waals surface area contributed by atoms with Gasteiger partial charge >= 0.3 is 5.97 Å². The summed E-state index contributed by atoms with van der Waals surface area (Å²) in [7, 11) is 0. The number of hydrogen-bond donors (Lipinski definition) is 0. The van der Waals surface area contributed by atoms with Crippen molar-refractivity contribution >= 4 is 11.8 Å². The minimum atomic E-state index is -0.540. The maximum atomic E-state index is 11.5. The molecule has 0 N–H and O–H groups in total. The largest absolute Gasteiger partial charge is 0.465 e. The van der Waals surface area contributed by atoms with Gasteiger partial charge in [0.15, 0.2) is 0 Å². The second-order valence-corrected chi connectivity index (χ2v) is 4.12. The first-order valence-electron chi connectivity index (χ1n) is 6.30. The minimum Gasteiger partial charge on any atom is -0.465 e. The minimum absolute atomic E-state index is 0.0751. The lowest BCUT2D eigenvalue weighted by molar-refractivity contribution is -0.151. The number of rotatable bonds is 9. The predicted molar refractivity (Wildman–Crippen MR) is 64.2 cm³/mol. The molecule has 0 aliphatic rings. The van der Waals surface area contributed by atoms with Gasteiger partial charge in [-0.2, -0.15) is 0 Å². The highest BCUT2D eigenvalue weighted by Crippen LogP contribution is 2.14. The van der Waals surface area contributed by atoms with Crippen molar-refractivity contribution in [2.45, 2.75) is 59.3 Å². The smallest absolute Gasteiger partial charge is 0.316 e. The Morgan fingerprint density at radius 3 is 2.19 bits per heavy atom. The van der Waals surface area contributed by atoms with Gasteiger partial charge in [-0.3, -0.25) is 9.59 Å². The molecule has 3 heteroatoms. The van der Waals surface area contributed by atoms with E-state index in [1.54, 1.807) is 6.92 Å². The van der Waals surface area contributed by atoms with Crippen LogP contribution in [0.25, 0.3) is 0 Å². The van der Waals surface area contributed by atoms with Gasteiger partial charge in [0.2, 0.25) is 0 Å². The van der Waals surface area contributed by atoms with Crippen molar-refractivity contribution in [1.29, 1.82) is 0 Å². The highest BCUT2D eigenvalue weighted by atomic mass is 16.5. The van der Waals surface area contributed by atoms with Crippen LogP contribution in [0.2, 0.25) is 0 Å². The molecule has 0 aliphatic heterocycles. The van der Waals surface area contributed by atoms with E-state index in [0.717, 1.165) is 12.8 Å². The number of esters is 1. The molecule has 0 aromatic carbocycles. The molecule has 0 aliphatic carbocycles. The standard InChI is InChI=1S/C13H24O3/c1-4-6-7-8-9-10-12(11(3)14)13(15)16-5-2/h12H,4-10H2,1-3H3. The van der Waals surface area contributed by atoms with E-state index in [4.69, 9.17) is 4.74 Å². The zero-order chi connectivity index (χ0) is 12.4. The molecule has 3 nitrogen and oxygen atoms in total. The van der Waals surface area contributed by atoms with Crippen molar-refractivity contribution < 1.29 is 14.3 Å². The predicted octanol–water partition coefficient (Wildman–Crippen LogP) is 3.12. The Hall–Kier alpha value is -0.860. The van der Waals surface area contributed by atoms with Crippen LogP contribution in [0.1, 0.15) is 59.3 Å². The molecule has 0 radical (unpaired) electrons. The van der Waals surface area contributed by atoms with E-state index in [9.17, 15) is 9.59 Å². The van der Waals surface area contributed by atoms with Gasteiger partial charge in [-0.15, -0.1) is 0 Å². The second-order valence-electron chi connectivity index (χ2n) is 4.12. The SMILES string of the molecule is CCCCCCCC(C(C)=O)C(=O)OCC. The molecular weight excluding hydrogens is 204 g/mol. The summed E-state index contributed by atoms with van der Waals surface area (Å²) >= 11 is 0. The summed E-state index contributed by atoms with van der Waals surface area (Å²) in [5, 5.41) is 0. The lowest BCUT2D eigenvalue weighted by Gasteiger charge is -2.12. The van der Waals surface area contributed by atoms with Crippen LogP contribution < -0.4 is 0 Å².